The molecule has 1 amide bonds. The highest BCUT2D eigenvalue weighted by molar-refractivity contribution is 5.65. The first-order chi connectivity index (χ1) is 12.0. The van der Waals surface area contributed by atoms with Gasteiger partial charge in [0.05, 0.1) is 6.04 Å². The van der Waals surface area contributed by atoms with E-state index < -0.39 is 23.8 Å². The number of rotatable bonds is 4. The Kier molecular flexibility index (Phi) is 4.78. The number of carbonyl (C=O) groups is 2. The SMILES string of the molecule is O=CCc1cnc2n1C[C@H](c1cccc(F)c1F)CC[C@H]2NC(=O)O. The molecule has 0 fully saturated rings. The molecule has 1 aromatic heterocycles. The van der Waals surface area contributed by atoms with E-state index in [9.17, 15) is 18.4 Å². The van der Waals surface area contributed by atoms with Crippen molar-refractivity contribution in [3.63, 3.8) is 0 Å². The summed E-state index contributed by atoms with van der Waals surface area (Å²) in [6, 6.07) is 3.47. The molecular formula is C17H17F2N3O3. The van der Waals surface area contributed by atoms with Gasteiger partial charge in [0.15, 0.2) is 11.6 Å². The van der Waals surface area contributed by atoms with E-state index >= 15 is 0 Å². The number of amides is 1. The Hall–Kier alpha value is -2.77. The molecule has 0 radical (unpaired) electrons. The van der Waals surface area contributed by atoms with Gasteiger partial charge in [-0.25, -0.2) is 18.6 Å². The van der Waals surface area contributed by atoms with E-state index in [0.717, 1.165) is 12.4 Å². The molecule has 8 heteroatoms. The fourth-order valence-electron chi connectivity index (χ4n) is 3.35. The standard InChI is InChI=1S/C17H17F2N3O3/c18-13-3-1-2-12(15(13)19)10-4-5-14(21-17(24)25)16-20-8-11(6-7-23)22(16)9-10/h1-3,7-8,10,14,21H,4-6,9H2,(H,24,25)/t10-,14-/m1/s1. The zero-order valence-electron chi connectivity index (χ0n) is 13.3. The van der Waals surface area contributed by atoms with Crippen LogP contribution in [0.5, 0.6) is 0 Å². The molecule has 2 aromatic rings. The van der Waals surface area contributed by atoms with E-state index in [-0.39, 0.29) is 17.9 Å². The Morgan fingerprint density at radius 1 is 1.40 bits per heavy atom. The number of aldehydes is 1. The predicted molar refractivity (Wildman–Crippen MR) is 84.2 cm³/mol. The molecular weight excluding hydrogens is 332 g/mol. The van der Waals surface area contributed by atoms with Gasteiger partial charge in [-0.1, -0.05) is 12.1 Å². The molecule has 0 unspecified atom stereocenters. The molecule has 1 aliphatic heterocycles. The number of benzene rings is 1. The normalized spacial score (nSPS) is 19.8. The molecule has 0 aliphatic carbocycles. The van der Waals surface area contributed by atoms with E-state index in [0.29, 0.717) is 30.9 Å². The lowest BCUT2D eigenvalue weighted by molar-refractivity contribution is -0.107. The fraction of sp³-hybridized carbons (Fsp3) is 0.353. The smallest absolute Gasteiger partial charge is 0.405 e. The highest BCUT2D eigenvalue weighted by Gasteiger charge is 2.30. The molecule has 0 saturated heterocycles. The van der Waals surface area contributed by atoms with Crippen LogP contribution in [0.4, 0.5) is 13.6 Å². The van der Waals surface area contributed by atoms with Crippen molar-refractivity contribution in [1.82, 2.24) is 14.9 Å². The van der Waals surface area contributed by atoms with Gasteiger partial charge in [0, 0.05) is 30.8 Å². The van der Waals surface area contributed by atoms with E-state index in [1.165, 1.54) is 18.3 Å². The maximum Gasteiger partial charge on any atom is 0.405 e. The van der Waals surface area contributed by atoms with Crippen molar-refractivity contribution in [2.24, 2.45) is 0 Å². The van der Waals surface area contributed by atoms with Gasteiger partial charge in [-0.15, -0.1) is 0 Å². The van der Waals surface area contributed by atoms with Crippen molar-refractivity contribution in [1.29, 1.82) is 0 Å². The van der Waals surface area contributed by atoms with Gasteiger partial charge in [0.1, 0.15) is 12.1 Å². The first-order valence-electron chi connectivity index (χ1n) is 7.92. The van der Waals surface area contributed by atoms with Crippen LogP contribution in [0.1, 0.15) is 41.9 Å². The summed E-state index contributed by atoms with van der Waals surface area (Å²) in [7, 11) is 0. The quantitative estimate of drug-likeness (QED) is 0.832. The minimum absolute atomic E-state index is 0.116. The molecule has 6 nitrogen and oxygen atoms in total. The largest absolute Gasteiger partial charge is 0.465 e. The van der Waals surface area contributed by atoms with Crippen LogP contribution in [-0.2, 0) is 17.8 Å². The van der Waals surface area contributed by atoms with Crippen molar-refractivity contribution >= 4 is 12.4 Å². The zero-order chi connectivity index (χ0) is 18.0. The fourth-order valence-corrected chi connectivity index (χ4v) is 3.35. The van der Waals surface area contributed by atoms with Gasteiger partial charge >= 0.3 is 6.09 Å². The molecule has 132 valence electrons. The van der Waals surface area contributed by atoms with Crippen LogP contribution in [-0.4, -0.2) is 27.0 Å². The third kappa shape index (κ3) is 3.38. The number of hydrogen-bond acceptors (Lipinski definition) is 3. The van der Waals surface area contributed by atoms with Crippen LogP contribution < -0.4 is 5.32 Å². The van der Waals surface area contributed by atoms with Crippen LogP contribution in [0.3, 0.4) is 0 Å². The molecule has 2 N–H and O–H groups in total. The summed E-state index contributed by atoms with van der Waals surface area (Å²) in [4.78, 5) is 26.2. The van der Waals surface area contributed by atoms with Gasteiger partial charge in [-0.05, 0) is 24.5 Å². The molecule has 3 rings (SSSR count). The van der Waals surface area contributed by atoms with Crippen LogP contribution in [0.15, 0.2) is 24.4 Å². The Morgan fingerprint density at radius 2 is 2.20 bits per heavy atom. The predicted octanol–water partition coefficient (Wildman–Crippen LogP) is 2.79. The first kappa shape index (κ1) is 17.1. The molecule has 2 heterocycles. The highest BCUT2D eigenvalue weighted by Crippen LogP contribution is 2.34. The summed E-state index contributed by atoms with van der Waals surface area (Å²) in [5, 5.41) is 11.5. The average Bonchev–Trinajstić information content (AvgIpc) is 2.86. The lowest BCUT2D eigenvalue weighted by Gasteiger charge is -2.18. The maximum absolute atomic E-state index is 14.2. The molecule has 1 aliphatic rings. The van der Waals surface area contributed by atoms with Gasteiger partial charge in [-0.3, -0.25) is 0 Å². The van der Waals surface area contributed by atoms with Crippen LogP contribution in [0.25, 0.3) is 0 Å². The van der Waals surface area contributed by atoms with Crippen molar-refractivity contribution in [2.75, 3.05) is 0 Å². The minimum Gasteiger partial charge on any atom is -0.465 e. The van der Waals surface area contributed by atoms with Crippen LogP contribution in [0, 0.1) is 11.6 Å². The van der Waals surface area contributed by atoms with Gasteiger partial charge in [-0.2, -0.15) is 0 Å². The van der Waals surface area contributed by atoms with Gasteiger partial charge in [0.2, 0.25) is 0 Å². The summed E-state index contributed by atoms with van der Waals surface area (Å²) < 4.78 is 29.5. The highest BCUT2D eigenvalue weighted by atomic mass is 19.2. The van der Waals surface area contributed by atoms with Crippen molar-refractivity contribution in [3.8, 4) is 0 Å². The lowest BCUT2D eigenvalue weighted by atomic mass is 9.93. The summed E-state index contributed by atoms with van der Waals surface area (Å²) in [5.74, 6) is -1.68. The Balaban J connectivity index is 2.01. The Labute approximate surface area is 142 Å². The summed E-state index contributed by atoms with van der Waals surface area (Å²) in [6.07, 6.45) is 2.02. The number of imidazole rings is 1. The molecule has 1 aromatic carbocycles. The molecule has 25 heavy (non-hydrogen) atoms. The summed E-state index contributed by atoms with van der Waals surface area (Å²) in [6.45, 7) is 0.302. The summed E-state index contributed by atoms with van der Waals surface area (Å²) in [5.41, 5.74) is 0.860. The van der Waals surface area contributed by atoms with E-state index in [4.69, 9.17) is 5.11 Å². The van der Waals surface area contributed by atoms with Crippen molar-refractivity contribution in [2.45, 2.75) is 37.8 Å². The minimum atomic E-state index is -1.19. The first-order valence-corrected chi connectivity index (χ1v) is 7.92. The molecule has 2 atom stereocenters. The zero-order valence-corrected chi connectivity index (χ0v) is 13.3. The van der Waals surface area contributed by atoms with E-state index in [1.807, 2.05) is 0 Å². The van der Waals surface area contributed by atoms with Crippen molar-refractivity contribution in [3.05, 3.63) is 53.1 Å². The number of carbonyl (C=O) groups excluding carboxylic acids is 1. The number of fused-ring (bicyclic) bond motifs is 1. The number of hydrogen-bond donors (Lipinski definition) is 2. The van der Waals surface area contributed by atoms with Gasteiger partial charge < -0.3 is 19.8 Å². The van der Waals surface area contributed by atoms with Crippen LogP contribution >= 0.6 is 0 Å². The lowest BCUT2D eigenvalue weighted by Crippen LogP contribution is -2.28. The second kappa shape index (κ2) is 7.00. The van der Waals surface area contributed by atoms with Crippen LogP contribution in [0.2, 0.25) is 0 Å². The number of carboxylic acid groups (broad SMARTS) is 1. The second-order valence-electron chi connectivity index (χ2n) is 6.01. The summed E-state index contributed by atoms with van der Waals surface area (Å²) >= 11 is 0. The third-order valence-electron chi connectivity index (χ3n) is 4.50. The average molecular weight is 349 g/mol. The maximum atomic E-state index is 14.2. The Bertz CT molecular complexity index is 806. The second-order valence-corrected chi connectivity index (χ2v) is 6.01. The van der Waals surface area contributed by atoms with E-state index in [1.54, 1.807) is 4.57 Å². The third-order valence-corrected chi connectivity index (χ3v) is 4.50. The number of halogens is 2. The molecule has 0 saturated carbocycles. The van der Waals surface area contributed by atoms with E-state index in [2.05, 4.69) is 10.3 Å². The Morgan fingerprint density at radius 3 is 2.92 bits per heavy atom. The molecule has 0 bridgehead atoms. The molecule has 0 spiro atoms. The number of aromatic nitrogens is 2. The van der Waals surface area contributed by atoms with Gasteiger partial charge in [0.25, 0.3) is 0 Å². The topological polar surface area (TPSA) is 84.2 Å². The monoisotopic (exact) mass is 349 g/mol. The number of nitrogens with zero attached hydrogens (tertiary/aromatic N) is 2. The number of nitrogens with one attached hydrogen (secondary N) is 1. The van der Waals surface area contributed by atoms with Crippen molar-refractivity contribution < 1.29 is 23.5 Å².